The molecule has 1 saturated carbocycles. The molecule has 4 nitrogen and oxygen atoms in total. The lowest BCUT2D eigenvalue weighted by atomic mass is 9.82. The molecule has 20 heavy (non-hydrogen) atoms. The molecule has 1 aromatic carbocycles. The van der Waals surface area contributed by atoms with E-state index in [1.54, 1.807) is 0 Å². The van der Waals surface area contributed by atoms with Gasteiger partial charge in [-0.05, 0) is 18.9 Å². The molecule has 1 amide bonds. The Labute approximate surface area is 116 Å². The molecule has 0 heterocycles. The standard InChI is InChI=1S/C14H18F2N2O2/c15-10-7-11(16)12(17)6-9(10)13(20)18-14(8-19)4-2-1-3-5-14/h6-7,19H,1-5,8,17H2,(H,18,20). The summed E-state index contributed by atoms with van der Waals surface area (Å²) >= 11 is 0. The third kappa shape index (κ3) is 2.90. The van der Waals surface area contributed by atoms with Gasteiger partial charge in [0.15, 0.2) is 0 Å². The van der Waals surface area contributed by atoms with Crippen molar-refractivity contribution in [3.05, 3.63) is 29.3 Å². The summed E-state index contributed by atoms with van der Waals surface area (Å²) in [4.78, 5) is 12.1. The molecule has 0 aliphatic heterocycles. The molecule has 1 aromatic rings. The third-order valence-electron chi connectivity index (χ3n) is 3.82. The first-order valence-electron chi connectivity index (χ1n) is 6.65. The van der Waals surface area contributed by atoms with Crippen molar-refractivity contribution in [2.75, 3.05) is 12.3 Å². The summed E-state index contributed by atoms with van der Waals surface area (Å²) in [6, 6.07) is 1.57. The molecule has 0 spiro atoms. The van der Waals surface area contributed by atoms with Crippen LogP contribution in [0.1, 0.15) is 42.5 Å². The van der Waals surface area contributed by atoms with Gasteiger partial charge in [-0.1, -0.05) is 19.3 Å². The molecule has 1 aliphatic carbocycles. The number of nitrogens with one attached hydrogen (secondary N) is 1. The Balaban J connectivity index is 2.21. The number of hydrogen-bond acceptors (Lipinski definition) is 3. The van der Waals surface area contributed by atoms with Crippen molar-refractivity contribution in [2.24, 2.45) is 0 Å². The third-order valence-corrected chi connectivity index (χ3v) is 3.82. The normalized spacial score (nSPS) is 17.8. The van der Waals surface area contributed by atoms with Gasteiger partial charge in [-0.3, -0.25) is 4.79 Å². The lowest BCUT2D eigenvalue weighted by molar-refractivity contribution is 0.0755. The van der Waals surface area contributed by atoms with Gasteiger partial charge in [0, 0.05) is 6.07 Å². The number of nitrogen functional groups attached to an aromatic ring is 1. The highest BCUT2D eigenvalue weighted by Crippen LogP contribution is 2.28. The van der Waals surface area contributed by atoms with Gasteiger partial charge in [-0.15, -0.1) is 0 Å². The number of aliphatic hydroxyl groups is 1. The number of rotatable bonds is 3. The second-order valence-corrected chi connectivity index (χ2v) is 5.31. The van der Waals surface area contributed by atoms with Gasteiger partial charge in [0.2, 0.25) is 0 Å². The highest BCUT2D eigenvalue weighted by atomic mass is 19.1. The molecule has 6 heteroatoms. The second kappa shape index (κ2) is 5.75. The van der Waals surface area contributed by atoms with Crippen molar-refractivity contribution in [3.63, 3.8) is 0 Å². The zero-order chi connectivity index (χ0) is 14.8. The number of carbonyl (C=O) groups excluding carboxylic acids is 1. The second-order valence-electron chi connectivity index (χ2n) is 5.31. The Morgan fingerprint density at radius 3 is 2.50 bits per heavy atom. The van der Waals surface area contributed by atoms with Crippen LogP contribution in [0, 0.1) is 11.6 Å². The number of halogens is 2. The lowest BCUT2D eigenvalue weighted by Crippen LogP contribution is -2.52. The van der Waals surface area contributed by atoms with E-state index in [1.165, 1.54) is 0 Å². The Morgan fingerprint density at radius 2 is 1.90 bits per heavy atom. The summed E-state index contributed by atoms with van der Waals surface area (Å²) < 4.78 is 26.7. The Hall–Kier alpha value is -1.69. The number of aliphatic hydroxyl groups excluding tert-OH is 1. The highest BCUT2D eigenvalue weighted by molar-refractivity contribution is 5.95. The summed E-state index contributed by atoms with van der Waals surface area (Å²) in [5.41, 5.74) is 4.05. The SMILES string of the molecule is Nc1cc(C(=O)NC2(CO)CCCCC2)c(F)cc1F. The molecule has 0 atom stereocenters. The van der Waals surface area contributed by atoms with Crippen molar-refractivity contribution in [2.45, 2.75) is 37.6 Å². The van der Waals surface area contributed by atoms with E-state index in [-0.39, 0.29) is 17.9 Å². The largest absolute Gasteiger partial charge is 0.396 e. The first-order valence-corrected chi connectivity index (χ1v) is 6.65. The van der Waals surface area contributed by atoms with Crippen LogP contribution < -0.4 is 11.1 Å². The lowest BCUT2D eigenvalue weighted by Gasteiger charge is -2.36. The monoisotopic (exact) mass is 284 g/mol. The smallest absolute Gasteiger partial charge is 0.254 e. The van der Waals surface area contributed by atoms with Crippen LogP contribution in [0.25, 0.3) is 0 Å². The van der Waals surface area contributed by atoms with E-state index in [1.807, 2.05) is 0 Å². The molecular formula is C14H18F2N2O2. The van der Waals surface area contributed by atoms with Crippen LogP contribution in [0.3, 0.4) is 0 Å². The van der Waals surface area contributed by atoms with Crippen LogP contribution in [0.15, 0.2) is 12.1 Å². The number of benzene rings is 1. The summed E-state index contributed by atoms with van der Waals surface area (Å²) in [5, 5.41) is 12.2. The number of nitrogens with two attached hydrogens (primary N) is 1. The van der Waals surface area contributed by atoms with Gasteiger partial charge in [-0.25, -0.2) is 8.78 Å². The fourth-order valence-electron chi connectivity index (χ4n) is 2.60. The molecule has 110 valence electrons. The minimum atomic E-state index is -0.960. The molecule has 0 bridgehead atoms. The average molecular weight is 284 g/mol. The first-order chi connectivity index (χ1) is 9.47. The van der Waals surface area contributed by atoms with E-state index in [4.69, 9.17) is 5.73 Å². The van der Waals surface area contributed by atoms with E-state index in [2.05, 4.69) is 5.32 Å². The first kappa shape index (κ1) is 14.7. The number of carbonyl (C=O) groups is 1. The Kier molecular flexibility index (Phi) is 4.23. The quantitative estimate of drug-likeness (QED) is 0.743. The zero-order valence-electron chi connectivity index (χ0n) is 11.1. The van der Waals surface area contributed by atoms with Crippen LogP contribution in [-0.4, -0.2) is 23.2 Å². The molecule has 0 saturated heterocycles. The molecule has 4 N–H and O–H groups in total. The fraction of sp³-hybridized carbons (Fsp3) is 0.500. The predicted octanol–water partition coefficient (Wildman–Crippen LogP) is 1.97. The molecule has 1 fully saturated rings. The summed E-state index contributed by atoms with van der Waals surface area (Å²) in [6.45, 7) is -0.197. The molecular weight excluding hydrogens is 266 g/mol. The predicted molar refractivity (Wildman–Crippen MR) is 71.1 cm³/mol. The minimum Gasteiger partial charge on any atom is -0.396 e. The van der Waals surface area contributed by atoms with Crippen molar-refractivity contribution in [3.8, 4) is 0 Å². The summed E-state index contributed by atoms with van der Waals surface area (Å²) in [6.07, 6.45) is 4.14. The van der Waals surface area contributed by atoms with E-state index >= 15 is 0 Å². The number of anilines is 1. The van der Waals surface area contributed by atoms with Crippen molar-refractivity contribution >= 4 is 11.6 Å². The fourth-order valence-corrected chi connectivity index (χ4v) is 2.60. The van der Waals surface area contributed by atoms with Gasteiger partial charge in [-0.2, -0.15) is 0 Å². The van der Waals surface area contributed by atoms with E-state index in [0.717, 1.165) is 25.3 Å². The number of hydrogen-bond donors (Lipinski definition) is 3. The zero-order valence-corrected chi connectivity index (χ0v) is 11.1. The highest BCUT2D eigenvalue weighted by Gasteiger charge is 2.33. The maximum Gasteiger partial charge on any atom is 0.254 e. The van der Waals surface area contributed by atoms with E-state index in [9.17, 15) is 18.7 Å². The van der Waals surface area contributed by atoms with Crippen molar-refractivity contribution < 1.29 is 18.7 Å². The maximum atomic E-state index is 13.6. The molecule has 0 aromatic heterocycles. The van der Waals surface area contributed by atoms with Crippen LogP contribution in [-0.2, 0) is 0 Å². The Morgan fingerprint density at radius 1 is 1.25 bits per heavy atom. The molecule has 2 rings (SSSR count). The van der Waals surface area contributed by atoms with Crippen LogP contribution in [0.5, 0.6) is 0 Å². The Bertz CT molecular complexity index is 514. The van der Waals surface area contributed by atoms with Crippen molar-refractivity contribution in [1.82, 2.24) is 5.32 Å². The van der Waals surface area contributed by atoms with Crippen molar-refractivity contribution in [1.29, 1.82) is 0 Å². The van der Waals surface area contributed by atoms with Gasteiger partial charge < -0.3 is 16.2 Å². The minimum absolute atomic E-state index is 0.197. The van der Waals surface area contributed by atoms with E-state index in [0.29, 0.717) is 18.9 Å². The van der Waals surface area contributed by atoms with Gasteiger partial charge >= 0.3 is 0 Å². The van der Waals surface area contributed by atoms with Gasteiger partial charge in [0.05, 0.1) is 23.4 Å². The van der Waals surface area contributed by atoms with Crippen LogP contribution in [0.4, 0.5) is 14.5 Å². The topological polar surface area (TPSA) is 75.4 Å². The van der Waals surface area contributed by atoms with Crippen LogP contribution >= 0.6 is 0 Å². The molecule has 0 unspecified atom stereocenters. The number of amides is 1. The van der Waals surface area contributed by atoms with E-state index < -0.39 is 23.1 Å². The summed E-state index contributed by atoms with van der Waals surface area (Å²) in [5.74, 6) is -2.53. The molecule has 1 aliphatic rings. The average Bonchev–Trinajstić information content (AvgIpc) is 2.43. The maximum absolute atomic E-state index is 13.6. The van der Waals surface area contributed by atoms with Crippen LogP contribution in [0.2, 0.25) is 0 Å². The van der Waals surface area contributed by atoms with Gasteiger partial charge in [0.25, 0.3) is 5.91 Å². The van der Waals surface area contributed by atoms with Gasteiger partial charge in [0.1, 0.15) is 11.6 Å². The molecule has 0 radical (unpaired) electrons. The summed E-state index contributed by atoms with van der Waals surface area (Å²) in [7, 11) is 0.